The molecule has 14 heteroatoms. The molecule has 7 nitrogen and oxygen atoms in total. The molecule has 0 spiro atoms. The van der Waals surface area contributed by atoms with Gasteiger partial charge in [-0.2, -0.15) is 13.2 Å². The molecule has 1 saturated heterocycles. The molecule has 232 valence electrons. The third-order valence-electron chi connectivity index (χ3n) is 6.96. The van der Waals surface area contributed by atoms with Gasteiger partial charge < -0.3 is 34.9 Å². The molecule has 0 aliphatic carbocycles. The van der Waals surface area contributed by atoms with E-state index in [0.29, 0.717) is 6.54 Å². The highest BCUT2D eigenvalue weighted by atomic mass is 35.5. The lowest BCUT2D eigenvalue weighted by atomic mass is 9.91. The second-order valence-electron chi connectivity index (χ2n) is 10.8. The van der Waals surface area contributed by atoms with Crippen LogP contribution in [0.15, 0.2) is 30.3 Å². The normalized spacial score (nSPS) is 23.9. The summed E-state index contributed by atoms with van der Waals surface area (Å²) in [7, 11) is 1.09. The number of hydrogen-bond donors (Lipinski definition) is 3. The van der Waals surface area contributed by atoms with Crippen LogP contribution in [0.4, 0.5) is 23.2 Å². The number of fused-ring (bicyclic) bond motifs is 1. The van der Waals surface area contributed by atoms with Crippen LogP contribution in [0.3, 0.4) is 0 Å². The molecule has 0 unspecified atom stereocenters. The summed E-state index contributed by atoms with van der Waals surface area (Å²) in [5.74, 6) is -0.712. The number of anilines is 1. The SMILES string of the molecule is COC[C@@H](Oc1cc(C[C@@H]2C[S@@+]([O-])C[C@H](NCc3ccc4c(c3)OC(C)(C)C4)[C@H]2O)cc(F)c1N)C(F)(F)F.Cl.Cl. The molecule has 2 aliphatic heterocycles. The molecule has 41 heavy (non-hydrogen) atoms. The van der Waals surface area contributed by atoms with Crippen molar-refractivity contribution in [2.45, 2.75) is 63.3 Å². The minimum atomic E-state index is -4.76. The fourth-order valence-electron chi connectivity index (χ4n) is 5.05. The standard InChI is InChI=1S/C27H34F4N2O5S.2ClH/c1-26(2)10-17-5-4-15(8-21(17)38-26)11-33-20-14-39(35)13-18(25(20)34)6-16-7-19(28)24(32)22(9-16)37-23(12-36-3)27(29,30)31;;/h4-5,7-9,18,20,23,25,33-34H,6,10-14,32H2,1-3H3;2*1H/t18-,20+,23-,25+,39-;;/m1../s1. The van der Waals surface area contributed by atoms with Crippen LogP contribution in [-0.4, -0.2) is 64.9 Å². The van der Waals surface area contributed by atoms with Gasteiger partial charge in [-0.25, -0.2) is 4.39 Å². The molecule has 5 atom stereocenters. The number of alkyl halides is 3. The van der Waals surface area contributed by atoms with Crippen molar-refractivity contribution in [3.05, 3.63) is 52.8 Å². The topological polar surface area (TPSA) is 109 Å². The molecule has 2 aliphatic rings. The Hall–Kier alpha value is -1.67. The zero-order valence-electron chi connectivity index (χ0n) is 22.8. The summed E-state index contributed by atoms with van der Waals surface area (Å²) in [5.41, 5.74) is 7.19. The molecule has 4 rings (SSSR count). The van der Waals surface area contributed by atoms with Crippen molar-refractivity contribution in [2.75, 3.05) is 31.0 Å². The Morgan fingerprint density at radius 3 is 2.56 bits per heavy atom. The van der Waals surface area contributed by atoms with Crippen molar-refractivity contribution in [1.82, 2.24) is 5.32 Å². The van der Waals surface area contributed by atoms with Gasteiger partial charge in [-0.15, -0.1) is 24.8 Å². The quantitative estimate of drug-likeness (QED) is 0.211. The summed E-state index contributed by atoms with van der Waals surface area (Å²) in [6.07, 6.45) is -7.13. The highest BCUT2D eigenvalue weighted by Crippen LogP contribution is 2.36. The van der Waals surface area contributed by atoms with Crippen molar-refractivity contribution in [1.29, 1.82) is 0 Å². The van der Waals surface area contributed by atoms with E-state index in [1.807, 2.05) is 32.0 Å². The lowest BCUT2D eigenvalue weighted by Gasteiger charge is -2.36. The van der Waals surface area contributed by atoms with Crippen LogP contribution in [0.2, 0.25) is 0 Å². The number of ether oxygens (including phenoxy) is 3. The predicted octanol–water partition coefficient (Wildman–Crippen LogP) is 4.36. The van der Waals surface area contributed by atoms with E-state index in [1.165, 1.54) is 6.07 Å². The van der Waals surface area contributed by atoms with Gasteiger partial charge in [0.05, 0.1) is 18.8 Å². The van der Waals surface area contributed by atoms with Gasteiger partial charge in [0, 0.05) is 26.0 Å². The zero-order valence-corrected chi connectivity index (χ0v) is 25.3. The maximum absolute atomic E-state index is 14.6. The smallest absolute Gasteiger partial charge is 0.427 e. The van der Waals surface area contributed by atoms with E-state index in [9.17, 15) is 27.2 Å². The molecule has 0 radical (unpaired) electrons. The number of nitrogen functional groups attached to an aromatic ring is 1. The van der Waals surface area contributed by atoms with E-state index in [0.717, 1.165) is 36.5 Å². The number of aliphatic hydroxyl groups is 1. The molecule has 2 heterocycles. The Bertz CT molecular complexity index is 1180. The summed E-state index contributed by atoms with van der Waals surface area (Å²) in [6.45, 7) is 3.66. The first-order valence-electron chi connectivity index (χ1n) is 12.6. The van der Waals surface area contributed by atoms with Crippen molar-refractivity contribution in [2.24, 2.45) is 5.92 Å². The Balaban J connectivity index is 0.00000294. The van der Waals surface area contributed by atoms with Crippen LogP contribution in [0.5, 0.6) is 11.5 Å². The van der Waals surface area contributed by atoms with Crippen molar-refractivity contribution in [3.63, 3.8) is 0 Å². The Morgan fingerprint density at radius 1 is 1.20 bits per heavy atom. The van der Waals surface area contributed by atoms with E-state index in [1.54, 1.807) is 0 Å². The van der Waals surface area contributed by atoms with E-state index in [-0.39, 0.29) is 53.9 Å². The average molecular weight is 648 g/mol. The number of aliphatic hydroxyl groups excluding tert-OH is 1. The second-order valence-corrected chi connectivity index (χ2v) is 12.3. The van der Waals surface area contributed by atoms with Gasteiger partial charge in [0.2, 0.25) is 6.10 Å². The largest absolute Gasteiger partial charge is 0.616 e. The van der Waals surface area contributed by atoms with E-state index in [4.69, 9.17) is 15.2 Å². The molecule has 0 bridgehead atoms. The third-order valence-corrected chi connectivity index (χ3v) is 8.50. The zero-order chi connectivity index (χ0) is 28.5. The molecular formula is C27H36Cl2F4N2O5S. The van der Waals surface area contributed by atoms with Gasteiger partial charge in [-0.05, 0) is 55.2 Å². The maximum Gasteiger partial charge on any atom is 0.427 e. The molecule has 2 aromatic carbocycles. The number of benzene rings is 2. The van der Waals surface area contributed by atoms with Crippen LogP contribution in [0.1, 0.15) is 30.5 Å². The van der Waals surface area contributed by atoms with Gasteiger partial charge >= 0.3 is 6.18 Å². The monoisotopic (exact) mass is 646 g/mol. The van der Waals surface area contributed by atoms with Gasteiger partial charge in [0.1, 0.15) is 40.1 Å². The third kappa shape index (κ3) is 8.92. The van der Waals surface area contributed by atoms with Crippen LogP contribution < -0.4 is 20.5 Å². The molecular weight excluding hydrogens is 611 g/mol. The van der Waals surface area contributed by atoms with E-state index < -0.39 is 65.4 Å². The van der Waals surface area contributed by atoms with Gasteiger partial charge in [0.15, 0.2) is 0 Å². The highest BCUT2D eigenvalue weighted by molar-refractivity contribution is 7.91. The van der Waals surface area contributed by atoms with Crippen LogP contribution in [-0.2, 0) is 35.3 Å². The maximum atomic E-state index is 14.6. The molecule has 2 aromatic rings. The van der Waals surface area contributed by atoms with E-state index in [2.05, 4.69) is 10.1 Å². The first kappa shape index (κ1) is 35.5. The summed E-state index contributed by atoms with van der Waals surface area (Å²) in [5, 5.41) is 14.4. The number of halogens is 6. The molecule has 1 fully saturated rings. The number of methoxy groups -OCH3 is 1. The van der Waals surface area contributed by atoms with Crippen LogP contribution in [0, 0.1) is 11.7 Å². The molecule has 4 N–H and O–H groups in total. The number of nitrogens with one attached hydrogen (secondary N) is 1. The number of hydrogen-bond acceptors (Lipinski definition) is 7. The van der Waals surface area contributed by atoms with Crippen LogP contribution in [0.25, 0.3) is 0 Å². The first-order valence-corrected chi connectivity index (χ1v) is 14.1. The fraction of sp³-hybridized carbons (Fsp3) is 0.556. The molecule has 0 aromatic heterocycles. The Labute approximate surface area is 252 Å². The number of nitrogens with two attached hydrogens (primary N) is 1. The van der Waals surface area contributed by atoms with Gasteiger partial charge in [-0.3, -0.25) is 0 Å². The first-order chi connectivity index (χ1) is 18.3. The van der Waals surface area contributed by atoms with E-state index >= 15 is 0 Å². The number of rotatable bonds is 9. The van der Waals surface area contributed by atoms with Gasteiger partial charge in [0.25, 0.3) is 0 Å². The van der Waals surface area contributed by atoms with Crippen molar-refractivity contribution in [3.8, 4) is 11.5 Å². The Kier molecular flexibility index (Phi) is 12.3. The molecule has 0 amide bonds. The lowest BCUT2D eigenvalue weighted by molar-refractivity contribution is -0.206. The van der Waals surface area contributed by atoms with Gasteiger partial charge in [-0.1, -0.05) is 23.3 Å². The Morgan fingerprint density at radius 2 is 1.90 bits per heavy atom. The fourth-order valence-corrected chi connectivity index (χ4v) is 6.69. The molecule has 0 saturated carbocycles. The summed E-state index contributed by atoms with van der Waals surface area (Å²) < 4.78 is 82.7. The predicted molar refractivity (Wildman–Crippen MR) is 154 cm³/mol. The summed E-state index contributed by atoms with van der Waals surface area (Å²) >= 11 is -1.26. The van der Waals surface area contributed by atoms with Crippen molar-refractivity contribution >= 4 is 41.7 Å². The minimum Gasteiger partial charge on any atom is -0.616 e. The summed E-state index contributed by atoms with van der Waals surface area (Å²) in [6, 6.07) is 7.78. The second kappa shape index (κ2) is 14.2. The van der Waals surface area contributed by atoms with Crippen LogP contribution >= 0.6 is 24.8 Å². The average Bonchev–Trinajstić information content (AvgIpc) is 3.15. The highest BCUT2D eigenvalue weighted by Gasteiger charge is 2.43. The minimum absolute atomic E-state index is 0. The summed E-state index contributed by atoms with van der Waals surface area (Å²) in [4.78, 5) is 0. The lowest BCUT2D eigenvalue weighted by Crippen LogP contribution is -2.54. The van der Waals surface area contributed by atoms with Crippen molar-refractivity contribution < 1.29 is 41.4 Å².